The molecule has 0 saturated carbocycles. The third-order valence-corrected chi connectivity index (χ3v) is 3.33. The zero-order valence-electron chi connectivity index (χ0n) is 7.14. The molecule has 3 nitrogen and oxygen atoms in total. The van der Waals surface area contributed by atoms with E-state index in [0.717, 1.165) is 14.4 Å². The fraction of sp³-hybridized carbons (Fsp3) is 0.111. The van der Waals surface area contributed by atoms with Gasteiger partial charge in [0, 0.05) is 0 Å². The maximum Gasteiger partial charge on any atom is 0.104 e. The predicted molar refractivity (Wildman–Crippen MR) is 59.9 cm³/mol. The molecule has 0 unspecified atom stereocenters. The van der Waals surface area contributed by atoms with Crippen molar-refractivity contribution < 1.29 is 0 Å². The highest BCUT2D eigenvalue weighted by Gasteiger charge is 2.07. The van der Waals surface area contributed by atoms with Crippen LogP contribution in [-0.2, 0) is 6.54 Å². The summed E-state index contributed by atoms with van der Waals surface area (Å²) in [6.07, 6.45) is 6.95. The van der Waals surface area contributed by atoms with Gasteiger partial charge >= 0.3 is 0 Å². The Morgan fingerprint density at radius 2 is 2.43 bits per heavy atom. The van der Waals surface area contributed by atoms with Gasteiger partial charge < -0.3 is 0 Å². The van der Waals surface area contributed by atoms with Gasteiger partial charge in [0.15, 0.2) is 0 Å². The highest BCUT2D eigenvalue weighted by molar-refractivity contribution is 9.11. The van der Waals surface area contributed by atoms with E-state index in [1.54, 1.807) is 22.2 Å². The average molecular weight is 268 g/mol. The van der Waals surface area contributed by atoms with Gasteiger partial charge in [-0.25, -0.2) is 4.68 Å². The quantitative estimate of drug-likeness (QED) is 0.783. The minimum Gasteiger partial charge on any atom is -0.232 e. The first-order chi connectivity index (χ1) is 6.81. The van der Waals surface area contributed by atoms with E-state index in [-0.39, 0.29) is 0 Å². The molecule has 0 bridgehead atoms. The Kier molecular flexibility index (Phi) is 2.66. The van der Waals surface area contributed by atoms with E-state index in [4.69, 9.17) is 6.42 Å². The van der Waals surface area contributed by atoms with Crippen LogP contribution < -0.4 is 0 Å². The molecule has 0 radical (unpaired) electrons. The molecule has 2 aromatic heterocycles. The van der Waals surface area contributed by atoms with Crippen molar-refractivity contribution in [3.05, 3.63) is 22.1 Å². The van der Waals surface area contributed by atoms with Gasteiger partial charge in [0.05, 0.1) is 20.6 Å². The molecule has 0 N–H and O–H groups in total. The summed E-state index contributed by atoms with van der Waals surface area (Å²) in [6, 6.07) is 4.01. The molecule has 2 aromatic rings. The van der Waals surface area contributed by atoms with Gasteiger partial charge in [0.1, 0.15) is 6.54 Å². The van der Waals surface area contributed by atoms with Crippen molar-refractivity contribution in [1.82, 2.24) is 15.0 Å². The Morgan fingerprint density at radius 1 is 1.57 bits per heavy atom. The lowest BCUT2D eigenvalue weighted by Gasteiger charge is -1.97. The van der Waals surface area contributed by atoms with Gasteiger partial charge in [-0.15, -0.1) is 22.9 Å². The highest BCUT2D eigenvalue weighted by Crippen LogP contribution is 2.30. The number of hydrogen-bond acceptors (Lipinski definition) is 3. The predicted octanol–water partition coefficient (Wildman–Crippen LogP) is 2.40. The zero-order chi connectivity index (χ0) is 9.97. The Balaban J connectivity index is 2.42. The number of hydrogen-bond donors (Lipinski definition) is 0. The van der Waals surface area contributed by atoms with Crippen molar-refractivity contribution in [1.29, 1.82) is 0 Å². The van der Waals surface area contributed by atoms with Crippen LogP contribution in [0.5, 0.6) is 0 Å². The number of terminal acetylenes is 1. The van der Waals surface area contributed by atoms with E-state index in [9.17, 15) is 0 Å². The molecule has 0 aliphatic rings. The van der Waals surface area contributed by atoms with Crippen molar-refractivity contribution in [3.8, 4) is 22.9 Å². The summed E-state index contributed by atoms with van der Waals surface area (Å²) < 4.78 is 2.79. The van der Waals surface area contributed by atoms with Gasteiger partial charge in [0.2, 0.25) is 0 Å². The molecule has 70 valence electrons. The van der Waals surface area contributed by atoms with Gasteiger partial charge in [-0.1, -0.05) is 11.1 Å². The topological polar surface area (TPSA) is 30.7 Å². The van der Waals surface area contributed by atoms with Crippen molar-refractivity contribution in [3.63, 3.8) is 0 Å². The Labute approximate surface area is 93.9 Å². The molecular formula is C9H6BrN3S. The monoisotopic (exact) mass is 267 g/mol. The lowest BCUT2D eigenvalue weighted by Crippen LogP contribution is -1.99. The Bertz CT molecular complexity index is 480. The molecule has 0 saturated heterocycles. The molecule has 0 aliphatic carbocycles. The van der Waals surface area contributed by atoms with E-state index >= 15 is 0 Å². The maximum absolute atomic E-state index is 5.23. The summed E-state index contributed by atoms with van der Waals surface area (Å²) >= 11 is 5.04. The fourth-order valence-electron chi connectivity index (χ4n) is 1.10. The van der Waals surface area contributed by atoms with Crippen molar-refractivity contribution >= 4 is 27.3 Å². The molecule has 0 spiro atoms. The summed E-state index contributed by atoms with van der Waals surface area (Å²) in [4.78, 5) is 1.11. The van der Waals surface area contributed by atoms with E-state index in [1.807, 2.05) is 12.1 Å². The van der Waals surface area contributed by atoms with Gasteiger partial charge in [-0.05, 0) is 28.1 Å². The molecule has 0 fully saturated rings. The van der Waals surface area contributed by atoms with Crippen LogP contribution in [-0.4, -0.2) is 15.0 Å². The Morgan fingerprint density at radius 3 is 3.07 bits per heavy atom. The number of halogens is 1. The van der Waals surface area contributed by atoms with Crippen LogP contribution in [0.2, 0.25) is 0 Å². The van der Waals surface area contributed by atoms with Crippen LogP contribution in [0.15, 0.2) is 22.1 Å². The second-order valence-corrected chi connectivity index (χ2v) is 5.05. The van der Waals surface area contributed by atoms with E-state index < -0.39 is 0 Å². The molecule has 0 amide bonds. The van der Waals surface area contributed by atoms with Crippen LogP contribution in [0.4, 0.5) is 0 Å². The van der Waals surface area contributed by atoms with Crippen LogP contribution in [0.1, 0.15) is 0 Å². The van der Waals surface area contributed by atoms with E-state index in [2.05, 4.69) is 32.2 Å². The molecule has 5 heteroatoms. The second-order valence-electron chi connectivity index (χ2n) is 2.58. The first-order valence-corrected chi connectivity index (χ1v) is 5.50. The lowest BCUT2D eigenvalue weighted by atomic mass is 10.4. The molecular weight excluding hydrogens is 262 g/mol. The maximum atomic E-state index is 5.23. The normalized spacial score (nSPS) is 10.0. The average Bonchev–Trinajstić information content (AvgIpc) is 2.74. The third-order valence-electron chi connectivity index (χ3n) is 1.68. The van der Waals surface area contributed by atoms with Crippen molar-refractivity contribution in [2.24, 2.45) is 0 Å². The minimum atomic E-state index is 0.449. The number of nitrogens with zero attached hydrogens (tertiary/aromatic N) is 3. The molecule has 0 aliphatic heterocycles. The number of thiophene rings is 1. The molecule has 14 heavy (non-hydrogen) atoms. The van der Waals surface area contributed by atoms with Crippen LogP contribution in [0, 0.1) is 12.3 Å². The smallest absolute Gasteiger partial charge is 0.104 e. The van der Waals surface area contributed by atoms with Gasteiger partial charge in [-0.3, -0.25) is 0 Å². The summed E-state index contributed by atoms with van der Waals surface area (Å²) in [7, 11) is 0. The molecule has 2 rings (SSSR count). The lowest BCUT2D eigenvalue weighted by molar-refractivity contribution is 0.679. The summed E-state index contributed by atoms with van der Waals surface area (Å²) in [6.45, 7) is 0.449. The van der Waals surface area contributed by atoms with Crippen LogP contribution >= 0.6 is 27.3 Å². The van der Waals surface area contributed by atoms with Crippen molar-refractivity contribution in [2.45, 2.75) is 6.54 Å². The molecule has 2 heterocycles. The molecule has 0 aromatic carbocycles. The van der Waals surface area contributed by atoms with Crippen LogP contribution in [0.3, 0.4) is 0 Å². The molecule has 0 atom stereocenters. The van der Waals surface area contributed by atoms with E-state index in [1.165, 1.54) is 0 Å². The SMILES string of the molecule is C#CCn1nncc1-c1ccc(Br)s1. The summed E-state index contributed by atoms with van der Waals surface area (Å²) in [5.41, 5.74) is 0.957. The van der Waals surface area contributed by atoms with Gasteiger partial charge in [0.25, 0.3) is 0 Å². The van der Waals surface area contributed by atoms with Crippen LogP contribution in [0.25, 0.3) is 10.6 Å². The zero-order valence-corrected chi connectivity index (χ0v) is 9.55. The fourth-order valence-corrected chi connectivity index (χ4v) is 2.50. The summed E-state index contributed by atoms with van der Waals surface area (Å²) in [5.74, 6) is 2.54. The largest absolute Gasteiger partial charge is 0.232 e. The standard InChI is InChI=1S/C9H6BrN3S/c1-2-5-13-7(6-11-12-13)8-3-4-9(10)14-8/h1,3-4,6H,5H2. The first-order valence-electron chi connectivity index (χ1n) is 3.89. The van der Waals surface area contributed by atoms with Gasteiger partial charge in [-0.2, -0.15) is 0 Å². The second kappa shape index (κ2) is 3.95. The minimum absolute atomic E-state index is 0.449. The Hall–Kier alpha value is -1.12. The summed E-state index contributed by atoms with van der Waals surface area (Å²) in [5, 5.41) is 7.74. The van der Waals surface area contributed by atoms with Crippen molar-refractivity contribution in [2.75, 3.05) is 0 Å². The first kappa shape index (κ1) is 9.44. The number of rotatable bonds is 2. The number of aromatic nitrogens is 3. The highest BCUT2D eigenvalue weighted by atomic mass is 79.9. The third kappa shape index (κ3) is 1.72. The van der Waals surface area contributed by atoms with E-state index in [0.29, 0.717) is 6.54 Å².